The molecule has 0 bridgehead atoms. The summed E-state index contributed by atoms with van der Waals surface area (Å²) in [7, 11) is 1.48. The number of aromatic nitrogens is 1. The first-order valence-electron chi connectivity index (χ1n) is 6.41. The summed E-state index contributed by atoms with van der Waals surface area (Å²) < 4.78 is 5.27. The van der Waals surface area contributed by atoms with Gasteiger partial charge in [-0.2, -0.15) is 0 Å². The highest BCUT2D eigenvalue weighted by molar-refractivity contribution is 7.98. The molecule has 1 aliphatic rings. The van der Waals surface area contributed by atoms with E-state index in [1.54, 1.807) is 6.07 Å². The third kappa shape index (κ3) is 1.88. The van der Waals surface area contributed by atoms with Crippen LogP contribution >= 0.6 is 11.8 Å². The molecule has 1 aliphatic carbocycles. The predicted molar refractivity (Wildman–Crippen MR) is 81.4 cm³/mol. The van der Waals surface area contributed by atoms with Crippen molar-refractivity contribution in [2.24, 2.45) is 0 Å². The second kappa shape index (κ2) is 5.00. The molecule has 0 saturated carbocycles. The SMILES string of the molecule is COc1nc2c(c(SC)c1C(C)=O)C(=O)c1ccccc1-2. The highest BCUT2D eigenvalue weighted by Crippen LogP contribution is 2.43. The zero-order valence-electron chi connectivity index (χ0n) is 11.9. The standard InChI is InChI=1S/C16H13NO3S/c1-8(18)11-15(21-3)12-13(17-16(11)20-2)9-6-4-5-7-10(9)14(12)19/h4-7H,1-3H3. The van der Waals surface area contributed by atoms with Crippen molar-refractivity contribution in [3.63, 3.8) is 0 Å². The van der Waals surface area contributed by atoms with Gasteiger partial charge >= 0.3 is 0 Å². The Bertz CT molecular complexity index is 783. The number of methoxy groups -OCH3 is 1. The van der Waals surface area contributed by atoms with E-state index >= 15 is 0 Å². The summed E-state index contributed by atoms with van der Waals surface area (Å²) in [4.78, 5) is 29.6. The number of ketones is 2. The predicted octanol–water partition coefficient (Wildman–Crippen LogP) is 3.23. The van der Waals surface area contributed by atoms with Crippen LogP contribution in [0.1, 0.15) is 33.2 Å². The third-order valence-electron chi connectivity index (χ3n) is 3.52. The van der Waals surface area contributed by atoms with Crippen molar-refractivity contribution in [1.82, 2.24) is 4.98 Å². The molecule has 0 radical (unpaired) electrons. The van der Waals surface area contributed by atoms with E-state index in [1.807, 2.05) is 24.5 Å². The second-order valence-electron chi connectivity index (χ2n) is 4.68. The lowest BCUT2D eigenvalue weighted by molar-refractivity contribution is 0.101. The minimum absolute atomic E-state index is 0.0809. The molecule has 21 heavy (non-hydrogen) atoms. The van der Waals surface area contributed by atoms with Crippen molar-refractivity contribution in [2.45, 2.75) is 11.8 Å². The molecule has 0 atom stereocenters. The average Bonchev–Trinajstić information content (AvgIpc) is 2.78. The van der Waals surface area contributed by atoms with Gasteiger partial charge in [-0.3, -0.25) is 9.59 Å². The Balaban J connectivity index is 2.42. The van der Waals surface area contributed by atoms with Crippen LogP contribution < -0.4 is 4.74 Å². The van der Waals surface area contributed by atoms with E-state index in [0.29, 0.717) is 27.3 Å². The Morgan fingerprint density at radius 2 is 1.90 bits per heavy atom. The van der Waals surface area contributed by atoms with Crippen LogP contribution in [0.5, 0.6) is 5.88 Å². The summed E-state index contributed by atoms with van der Waals surface area (Å²) in [5.74, 6) is 0.0352. The van der Waals surface area contributed by atoms with Crippen LogP contribution in [0.2, 0.25) is 0 Å². The molecule has 0 aliphatic heterocycles. The fourth-order valence-corrected chi connectivity index (χ4v) is 3.46. The van der Waals surface area contributed by atoms with Crippen LogP contribution in [0.25, 0.3) is 11.3 Å². The van der Waals surface area contributed by atoms with E-state index in [2.05, 4.69) is 4.98 Å². The summed E-state index contributed by atoms with van der Waals surface area (Å²) in [5, 5.41) is 0. The van der Waals surface area contributed by atoms with Crippen molar-refractivity contribution < 1.29 is 14.3 Å². The average molecular weight is 299 g/mol. The number of ether oxygens (including phenoxy) is 1. The smallest absolute Gasteiger partial charge is 0.225 e. The second-order valence-corrected chi connectivity index (χ2v) is 5.50. The number of fused-ring (bicyclic) bond motifs is 3. The normalized spacial score (nSPS) is 12.0. The molecular formula is C16H13NO3S. The summed E-state index contributed by atoms with van der Waals surface area (Å²) >= 11 is 1.37. The maximum absolute atomic E-state index is 12.6. The van der Waals surface area contributed by atoms with Gasteiger partial charge in [0.05, 0.1) is 23.9 Å². The van der Waals surface area contributed by atoms with Crippen LogP contribution in [-0.4, -0.2) is 29.9 Å². The van der Waals surface area contributed by atoms with Crippen molar-refractivity contribution in [2.75, 3.05) is 13.4 Å². The molecular weight excluding hydrogens is 286 g/mol. The quantitative estimate of drug-likeness (QED) is 0.549. The van der Waals surface area contributed by atoms with Crippen molar-refractivity contribution in [3.8, 4) is 17.1 Å². The fraction of sp³-hybridized carbons (Fsp3) is 0.188. The minimum atomic E-state index is -0.157. The van der Waals surface area contributed by atoms with E-state index < -0.39 is 0 Å². The first kappa shape index (κ1) is 13.8. The molecule has 4 nitrogen and oxygen atoms in total. The van der Waals surface area contributed by atoms with Crippen molar-refractivity contribution in [1.29, 1.82) is 0 Å². The van der Waals surface area contributed by atoms with Gasteiger partial charge in [0.15, 0.2) is 11.6 Å². The van der Waals surface area contributed by atoms with Gasteiger partial charge in [0, 0.05) is 16.0 Å². The summed E-state index contributed by atoms with van der Waals surface area (Å²) in [6.45, 7) is 1.46. The van der Waals surface area contributed by atoms with Crippen molar-refractivity contribution in [3.05, 3.63) is 41.0 Å². The molecule has 1 aromatic heterocycles. The van der Waals surface area contributed by atoms with Crippen LogP contribution in [0.4, 0.5) is 0 Å². The number of nitrogens with zero attached hydrogens (tertiary/aromatic N) is 1. The Hall–Kier alpha value is -2.14. The molecule has 0 saturated heterocycles. The maximum Gasteiger partial charge on any atom is 0.225 e. The zero-order valence-corrected chi connectivity index (χ0v) is 12.7. The van der Waals surface area contributed by atoms with Gasteiger partial charge < -0.3 is 4.74 Å². The van der Waals surface area contributed by atoms with Gasteiger partial charge in [-0.15, -0.1) is 11.8 Å². The van der Waals surface area contributed by atoms with E-state index in [1.165, 1.54) is 25.8 Å². The van der Waals surface area contributed by atoms with Gasteiger partial charge in [-0.1, -0.05) is 24.3 Å². The molecule has 106 valence electrons. The fourth-order valence-electron chi connectivity index (χ4n) is 2.63. The zero-order chi connectivity index (χ0) is 15.1. The highest BCUT2D eigenvalue weighted by Gasteiger charge is 2.34. The molecule has 0 unspecified atom stereocenters. The van der Waals surface area contributed by atoms with Crippen LogP contribution in [0, 0.1) is 0 Å². The number of carbonyl (C=O) groups is 2. The number of pyridine rings is 1. The van der Waals surface area contributed by atoms with E-state index in [0.717, 1.165) is 5.56 Å². The van der Waals surface area contributed by atoms with Gasteiger partial charge in [-0.05, 0) is 13.2 Å². The topological polar surface area (TPSA) is 56.3 Å². The minimum Gasteiger partial charge on any atom is -0.480 e. The molecule has 0 spiro atoms. The Morgan fingerprint density at radius 1 is 1.24 bits per heavy atom. The lowest BCUT2D eigenvalue weighted by Crippen LogP contribution is -2.08. The highest BCUT2D eigenvalue weighted by atomic mass is 32.2. The number of hydrogen-bond donors (Lipinski definition) is 0. The van der Waals surface area contributed by atoms with Crippen molar-refractivity contribution >= 4 is 23.3 Å². The molecule has 0 N–H and O–H groups in total. The number of carbonyl (C=O) groups excluding carboxylic acids is 2. The first-order chi connectivity index (χ1) is 10.1. The summed E-state index contributed by atoms with van der Waals surface area (Å²) in [5.41, 5.74) is 2.90. The monoisotopic (exact) mass is 299 g/mol. The summed E-state index contributed by atoms with van der Waals surface area (Å²) in [6, 6.07) is 7.34. The third-order valence-corrected chi connectivity index (χ3v) is 4.34. The molecule has 0 fully saturated rings. The van der Waals surface area contributed by atoms with Crippen LogP contribution in [-0.2, 0) is 0 Å². The lowest BCUT2D eigenvalue weighted by Gasteiger charge is -2.13. The van der Waals surface area contributed by atoms with Crippen LogP contribution in [0.15, 0.2) is 29.2 Å². The summed E-state index contributed by atoms with van der Waals surface area (Å²) in [6.07, 6.45) is 1.84. The number of benzene rings is 1. The lowest BCUT2D eigenvalue weighted by atomic mass is 10.1. The molecule has 1 aromatic carbocycles. The van der Waals surface area contributed by atoms with Crippen LogP contribution in [0.3, 0.4) is 0 Å². The number of thioether (sulfide) groups is 1. The van der Waals surface area contributed by atoms with Gasteiger partial charge in [0.25, 0.3) is 0 Å². The van der Waals surface area contributed by atoms with Gasteiger partial charge in [0.2, 0.25) is 5.88 Å². The largest absolute Gasteiger partial charge is 0.480 e. The molecule has 5 heteroatoms. The van der Waals surface area contributed by atoms with E-state index in [4.69, 9.17) is 4.74 Å². The van der Waals surface area contributed by atoms with Gasteiger partial charge in [-0.25, -0.2) is 4.98 Å². The first-order valence-corrected chi connectivity index (χ1v) is 7.63. The maximum atomic E-state index is 12.6. The Kier molecular flexibility index (Phi) is 3.29. The van der Waals surface area contributed by atoms with E-state index in [-0.39, 0.29) is 17.4 Å². The Labute approximate surface area is 126 Å². The molecule has 0 amide bonds. The number of Topliss-reactive ketones (excluding diaryl/α,β-unsaturated/α-hetero) is 1. The molecule has 1 heterocycles. The molecule has 3 rings (SSSR count). The molecule has 2 aromatic rings. The van der Waals surface area contributed by atoms with E-state index in [9.17, 15) is 9.59 Å². The number of rotatable bonds is 3. The Morgan fingerprint density at radius 3 is 2.48 bits per heavy atom. The number of hydrogen-bond acceptors (Lipinski definition) is 5. The van der Waals surface area contributed by atoms with Gasteiger partial charge in [0.1, 0.15) is 0 Å².